The van der Waals surface area contributed by atoms with Gasteiger partial charge < -0.3 is 45.6 Å². The predicted molar refractivity (Wildman–Crippen MR) is 300 cm³/mol. The molecule has 0 unspecified atom stereocenters. The number of fused-ring (bicyclic) bond motifs is 2. The van der Waals surface area contributed by atoms with Crippen LogP contribution < -0.4 is 20.5 Å². The molecule has 4 fully saturated rings. The number of aliphatic hydroxyl groups excluding tert-OH is 2. The molecule has 2 saturated heterocycles. The molecule has 0 aromatic heterocycles. The molecular formula is C58H63Cl2F6IN4O7. The number of alkyl halides is 4. The van der Waals surface area contributed by atoms with Gasteiger partial charge in [-0.25, -0.2) is 13.6 Å². The average molecular weight is 1240 g/mol. The summed E-state index contributed by atoms with van der Waals surface area (Å²) in [5, 5.41) is 35.8. The number of aliphatic carboxylic acids is 1. The Hall–Kier alpha value is -4.93. The second-order valence-electron chi connectivity index (χ2n) is 20.3. The zero-order valence-corrected chi connectivity index (χ0v) is 46.4. The number of ether oxygens (including phenoxy) is 2. The summed E-state index contributed by atoms with van der Waals surface area (Å²) in [5.41, 5.74) is 8.46. The summed E-state index contributed by atoms with van der Waals surface area (Å²) < 4.78 is 93.7. The van der Waals surface area contributed by atoms with Crippen LogP contribution in [0.5, 0.6) is 11.5 Å². The molecule has 2 heterocycles. The highest BCUT2D eigenvalue weighted by molar-refractivity contribution is 14.0. The average Bonchev–Trinajstić information content (AvgIpc) is 4.34. The summed E-state index contributed by atoms with van der Waals surface area (Å²) in [4.78, 5) is 27.3. The van der Waals surface area contributed by atoms with Gasteiger partial charge in [-0.05, 0) is 170 Å². The number of rotatable bonds is 21. The molecule has 1 amide bonds. The number of amides is 1. The van der Waals surface area contributed by atoms with Crippen molar-refractivity contribution in [2.45, 2.75) is 113 Å². The van der Waals surface area contributed by atoms with Crippen LogP contribution in [0.2, 0.25) is 10.0 Å². The molecule has 78 heavy (non-hydrogen) atoms. The number of carbonyl (C=O) groups excluding carboxylic acids is 1. The van der Waals surface area contributed by atoms with Crippen LogP contribution in [-0.4, -0.2) is 112 Å². The Morgan fingerprint density at radius 1 is 0.615 bits per heavy atom. The van der Waals surface area contributed by atoms with Crippen molar-refractivity contribution in [3.05, 3.63) is 153 Å². The Morgan fingerprint density at radius 2 is 1.04 bits per heavy atom. The van der Waals surface area contributed by atoms with Gasteiger partial charge in [0, 0.05) is 32.0 Å². The second kappa shape index (κ2) is 27.0. The Kier molecular flexibility index (Phi) is 21.0. The van der Waals surface area contributed by atoms with Gasteiger partial charge in [0.2, 0.25) is 0 Å². The fourth-order valence-corrected chi connectivity index (χ4v) is 9.24. The maximum Gasteiger partial charge on any atom is 0.374 e. The number of hydrogen-bond donors (Lipinski definition) is 5. The summed E-state index contributed by atoms with van der Waals surface area (Å²) in [5.74, 6) is -10.4. The van der Waals surface area contributed by atoms with E-state index in [0.717, 1.165) is 81.2 Å². The highest BCUT2D eigenvalue weighted by Crippen LogP contribution is 2.36. The number of nitrogens with zero attached hydrogens (tertiary/aromatic N) is 2. The fraction of sp³-hybridized carbons (Fsp3) is 0.414. The van der Waals surface area contributed by atoms with E-state index in [4.69, 9.17) is 43.5 Å². The van der Waals surface area contributed by atoms with Crippen LogP contribution in [0.4, 0.5) is 26.3 Å². The maximum atomic E-state index is 15.0. The molecule has 10 rings (SSSR count). The molecule has 4 aliphatic rings. The molecule has 2 aliphatic heterocycles. The minimum absolute atomic E-state index is 0. The third kappa shape index (κ3) is 17.0. The van der Waals surface area contributed by atoms with Gasteiger partial charge in [0.1, 0.15) is 29.2 Å². The highest BCUT2D eigenvalue weighted by atomic mass is 127. The van der Waals surface area contributed by atoms with Crippen molar-refractivity contribution in [3.63, 3.8) is 0 Å². The second-order valence-corrected chi connectivity index (χ2v) is 21.1. The van der Waals surface area contributed by atoms with Gasteiger partial charge in [0.25, 0.3) is 5.91 Å². The first kappa shape index (κ1) is 60.7. The highest BCUT2D eigenvalue weighted by Gasteiger charge is 2.41. The van der Waals surface area contributed by atoms with Crippen LogP contribution in [0.3, 0.4) is 0 Å². The van der Waals surface area contributed by atoms with E-state index in [-0.39, 0.29) is 67.1 Å². The van der Waals surface area contributed by atoms with Gasteiger partial charge in [-0.1, -0.05) is 83.9 Å². The van der Waals surface area contributed by atoms with E-state index in [0.29, 0.717) is 55.1 Å². The number of aryl methyl sites for hydroxylation is 2. The molecule has 2 aliphatic carbocycles. The molecule has 4 atom stereocenters. The van der Waals surface area contributed by atoms with Crippen LogP contribution >= 0.6 is 47.2 Å². The van der Waals surface area contributed by atoms with Crippen LogP contribution in [0.1, 0.15) is 85.8 Å². The lowest BCUT2D eigenvalue weighted by Crippen LogP contribution is -2.54. The number of carboxylic acid groups (broad SMARTS) is 1. The minimum Gasteiger partial charge on any atom is -0.489 e. The number of carboxylic acids is 1. The number of likely N-dealkylation sites (tertiary alicyclic amines) is 2. The van der Waals surface area contributed by atoms with E-state index in [9.17, 15) is 46.1 Å². The van der Waals surface area contributed by atoms with Gasteiger partial charge >= 0.3 is 17.8 Å². The Morgan fingerprint density at radius 3 is 1.46 bits per heavy atom. The largest absolute Gasteiger partial charge is 0.489 e. The molecule has 0 spiro atoms. The molecule has 20 heteroatoms. The number of benzene rings is 6. The smallest absolute Gasteiger partial charge is 0.374 e. The molecule has 6 N–H and O–H groups in total. The normalized spacial score (nSPS) is 17.1. The summed E-state index contributed by atoms with van der Waals surface area (Å²) in [7, 11) is 0. The summed E-state index contributed by atoms with van der Waals surface area (Å²) in [6.45, 7) is 4.67. The van der Waals surface area contributed by atoms with Crippen molar-refractivity contribution in [1.29, 1.82) is 0 Å². The molecule has 2 saturated carbocycles. The molecule has 6 aromatic rings. The zero-order valence-electron chi connectivity index (χ0n) is 42.5. The number of aliphatic hydroxyl groups is 2. The van der Waals surface area contributed by atoms with E-state index in [2.05, 4.69) is 10.2 Å². The standard InChI is InChI=1S/C29H30ClF3N2O3.C15H21ClN2O2.C14H11F3O2.HI/c30-24-16-21(5-9-26(24)38-23-7-8-23)27(36)25(17-35-12-1-13-35)34-28(37)29(32,33)11-10-18-2-3-20-15-22(31)6-4-19(20)14-18;16-12-8-10(2-5-14(12)20-11-3-4-11)15(19)13(17)9-18-6-1-7-18;15-12-4-3-10-7-9(1-2-11(10)8-12)5-6-14(16,17)13(18)19;/h2-6,9,14-16,23,25,27,36H,1,7-8,10-13,17H2,(H,34,37);2,5,8,11,13,15,19H,1,3-4,6-7,9,17H2;1-4,7-8H,5-6H2,(H,18,19);1H/t25-,27-;13-,15-;;/m11../s1. The van der Waals surface area contributed by atoms with Gasteiger partial charge in [0.15, 0.2) is 0 Å². The van der Waals surface area contributed by atoms with Crippen LogP contribution in [0.15, 0.2) is 109 Å². The monoisotopic (exact) mass is 1240 g/mol. The number of nitrogens with two attached hydrogens (primary N) is 1. The van der Waals surface area contributed by atoms with Crippen molar-refractivity contribution in [2.24, 2.45) is 5.73 Å². The first-order valence-corrected chi connectivity index (χ1v) is 26.6. The topological polar surface area (TPSA) is 158 Å². The third-order valence-electron chi connectivity index (χ3n) is 14.0. The summed E-state index contributed by atoms with van der Waals surface area (Å²) in [6.07, 6.45) is 3.35. The van der Waals surface area contributed by atoms with E-state index >= 15 is 0 Å². The first-order valence-electron chi connectivity index (χ1n) is 25.8. The van der Waals surface area contributed by atoms with Crippen molar-refractivity contribution in [3.8, 4) is 11.5 Å². The van der Waals surface area contributed by atoms with Crippen molar-refractivity contribution in [2.75, 3.05) is 39.3 Å². The van der Waals surface area contributed by atoms with Gasteiger partial charge in [-0.2, -0.15) is 17.6 Å². The number of carbonyl (C=O) groups is 2. The molecule has 6 aromatic carbocycles. The quantitative estimate of drug-likeness (QED) is 0.0347. The maximum absolute atomic E-state index is 15.0. The number of nitrogens with one attached hydrogen (secondary N) is 1. The molecule has 11 nitrogen and oxygen atoms in total. The van der Waals surface area contributed by atoms with Crippen LogP contribution in [0.25, 0.3) is 21.5 Å². The fourth-order valence-electron chi connectivity index (χ4n) is 8.77. The van der Waals surface area contributed by atoms with Crippen molar-refractivity contribution < 1.29 is 60.7 Å². The van der Waals surface area contributed by atoms with E-state index < -0.39 is 54.8 Å². The van der Waals surface area contributed by atoms with Gasteiger partial charge in [-0.3, -0.25) is 4.79 Å². The lowest BCUT2D eigenvalue weighted by molar-refractivity contribution is -0.165. The Labute approximate surface area is 476 Å². The predicted octanol–water partition coefficient (Wildman–Crippen LogP) is 11.9. The lowest BCUT2D eigenvalue weighted by atomic mass is 9.99. The van der Waals surface area contributed by atoms with Crippen molar-refractivity contribution in [1.82, 2.24) is 15.1 Å². The SMILES string of the molecule is I.N[C@H](CN1CCC1)[C@H](O)c1ccc(OC2CC2)c(Cl)c1.O=C(N[C@H](CN1CCC1)[C@H](O)c1ccc(OC2CC2)c(Cl)c1)C(F)(F)CCc1ccc2cc(F)ccc2c1.O=C(O)C(F)(F)CCc1ccc2cc(F)ccc2c1. The van der Waals surface area contributed by atoms with Crippen LogP contribution in [0, 0.1) is 11.6 Å². The van der Waals surface area contributed by atoms with Crippen molar-refractivity contribution >= 4 is 80.6 Å². The Balaban J connectivity index is 0.000000186. The number of halogens is 9. The third-order valence-corrected chi connectivity index (χ3v) is 14.6. The van der Waals surface area contributed by atoms with Crippen LogP contribution in [-0.2, 0) is 22.4 Å². The lowest BCUT2D eigenvalue weighted by Gasteiger charge is -2.36. The first-order chi connectivity index (χ1) is 36.7. The van der Waals surface area contributed by atoms with E-state index in [1.807, 2.05) is 17.0 Å². The minimum atomic E-state index is -3.72. The summed E-state index contributed by atoms with van der Waals surface area (Å²) in [6, 6.07) is 27.5. The molecular weight excluding hydrogens is 1180 g/mol. The van der Waals surface area contributed by atoms with Gasteiger partial charge in [-0.15, -0.1) is 24.0 Å². The van der Waals surface area contributed by atoms with E-state index in [1.165, 1.54) is 30.7 Å². The van der Waals surface area contributed by atoms with E-state index in [1.54, 1.807) is 72.8 Å². The zero-order chi connectivity index (χ0) is 55.0. The molecule has 0 bridgehead atoms. The van der Waals surface area contributed by atoms with Gasteiger partial charge in [0.05, 0.1) is 34.4 Å². The number of hydrogen-bond acceptors (Lipinski definition) is 9. The summed E-state index contributed by atoms with van der Waals surface area (Å²) >= 11 is 12.6. The molecule has 420 valence electrons. The molecule has 0 radical (unpaired) electrons. The Bertz CT molecular complexity index is 3020.